The maximum absolute atomic E-state index is 14.1. The summed E-state index contributed by atoms with van der Waals surface area (Å²) in [6.07, 6.45) is 1.90. The van der Waals surface area contributed by atoms with E-state index < -0.39 is 5.82 Å². The molecule has 1 heterocycles. The lowest BCUT2D eigenvalue weighted by Crippen LogP contribution is -2.21. The van der Waals surface area contributed by atoms with Crippen LogP contribution in [0.1, 0.15) is 18.4 Å². The van der Waals surface area contributed by atoms with E-state index in [9.17, 15) is 4.39 Å². The van der Waals surface area contributed by atoms with Crippen molar-refractivity contribution in [2.24, 2.45) is 11.7 Å². The molecule has 0 atom stereocenters. The van der Waals surface area contributed by atoms with Crippen molar-refractivity contribution in [3.05, 3.63) is 28.0 Å². The van der Waals surface area contributed by atoms with E-state index in [1.54, 1.807) is 12.1 Å². The first kappa shape index (κ1) is 14.7. The fraction of sp³-hybridized carbons (Fsp3) is 0.462. The third-order valence-electron chi connectivity index (χ3n) is 3.13. The quantitative estimate of drug-likeness (QED) is 0.850. The van der Waals surface area contributed by atoms with Gasteiger partial charge >= 0.3 is 0 Å². The lowest BCUT2D eigenvalue weighted by molar-refractivity contribution is 0.0491. The van der Waals surface area contributed by atoms with E-state index in [1.165, 1.54) is 0 Å². The van der Waals surface area contributed by atoms with Crippen molar-refractivity contribution < 1.29 is 13.9 Å². The molecule has 0 unspecified atom stereocenters. The molecule has 1 fully saturated rings. The predicted octanol–water partition coefficient (Wildman–Crippen LogP) is 3.03. The van der Waals surface area contributed by atoms with Crippen molar-refractivity contribution in [2.75, 3.05) is 19.8 Å². The zero-order valence-corrected chi connectivity index (χ0v) is 12.7. The van der Waals surface area contributed by atoms with Gasteiger partial charge in [0.15, 0.2) is 11.6 Å². The third-order valence-corrected chi connectivity index (χ3v) is 4.12. The van der Waals surface area contributed by atoms with Crippen molar-refractivity contribution >= 4 is 33.1 Å². The van der Waals surface area contributed by atoms with Crippen LogP contribution in [0.3, 0.4) is 0 Å². The lowest BCUT2D eigenvalue weighted by atomic mass is 10.0. The summed E-state index contributed by atoms with van der Waals surface area (Å²) in [5, 5.41) is 0. The molecule has 2 rings (SSSR count). The minimum absolute atomic E-state index is 0.154. The Bertz CT molecular complexity index is 478. The summed E-state index contributed by atoms with van der Waals surface area (Å²) in [7, 11) is 0. The second-order valence-corrected chi connectivity index (χ2v) is 5.70. The average molecular weight is 348 g/mol. The number of rotatable bonds is 4. The molecule has 2 N–H and O–H groups in total. The first-order valence-corrected chi connectivity index (χ1v) is 7.28. The minimum atomic E-state index is -0.461. The molecule has 1 aliphatic rings. The van der Waals surface area contributed by atoms with Crippen LogP contribution in [0, 0.1) is 11.7 Å². The summed E-state index contributed by atoms with van der Waals surface area (Å²) >= 11 is 8.00. The zero-order valence-electron chi connectivity index (χ0n) is 10.3. The molecule has 0 aliphatic carbocycles. The van der Waals surface area contributed by atoms with Gasteiger partial charge in [0.05, 0.1) is 11.1 Å². The number of ether oxygens (including phenoxy) is 2. The molecule has 0 aromatic heterocycles. The van der Waals surface area contributed by atoms with Gasteiger partial charge in [-0.05, 0) is 46.8 Å². The Balaban J connectivity index is 2.04. The van der Waals surface area contributed by atoms with Gasteiger partial charge in [0.1, 0.15) is 4.99 Å². The van der Waals surface area contributed by atoms with Gasteiger partial charge in [0, 0.05) is 18.8 Å². The molecular weight excluding hydrogens is 333 g/mol. The van der Waals surface area contributed by atoms with E-state index in [0.29, 0.717) is 18.1 Å². The topological polar surface area (TPSA) is 44.5 Å². The predicted molar refractivity (Wildman–Crippen MR) is 79.0 cm³/mol. The highest BCUT2D eigenvalue weighted by Crippen LogP contribution is 2.29. The first-order valence-electron chi connectivity index (χ1n) is 6.08. The Labute approximate surface area is 125 Å². The lowest BCUT2D eigenvalue weighted by Gasteiger charge is -2.22. The van der Waals surface area contributed by atoms with Gasteiger partial charge in [0.2, 0.25) is 0 Å². The van der Waals surface area contributed by atoms with Crippen LogP contribution in [-0.2, 0) is 4.74 Å². The van der Waals surface area contributed by atoms with E-state index in [-0.39, 0.29) is 15.2 Å². The number of hydrogen-bond donors (Lipinski definition) is 1. The van der Waals surface area contributed by atoms with Crippen LogP contribution in [0.15, 0.2) is 16.6 Å². The molecule has 3 nitrogen and oxygen atoms in total. The van der Waals surface area contributed by atoms with Gasteiger partial charge in [0.25, 0.3) is 0 Å². The van der Waals surface area contributed by atoms with Crippen LogP contribution in [0.5, 0.6) is 5.75 Å². The molecule has 0 amide bonds. The fourth-order valence-electron chi connectivity index (χ4n) is 1.95. The summed E-state index contributed by atoms with van der Waals surface area (Å²) in [6.45, 7) is 2.00. The molecule has 1 aliphatic heterocycles. The smallest absolute Gasteiger partial charge is 0.179 e. The van der Waals surface area contributed by atoms with Crippen LogP contribution in [0.25, 0.3) is 0 Å². The largest absolute Gasteiger partial charge is 0.490 e. The van der Waals surface area contributed by atoms with Crippen LogP contribution in [0.4, 0.5) is 4.39 Å². The molecule has 0 spiro atoms. The highest BCUT2D eigenvalue weighted by molar-refractivity contribution is 9.10. The standard InChI is InChI=1S/C13H15BrFNO2S/c14-11-9(13(16)19)1-2-10(12(11)15)18-7-8-3-5-17-6-4-8/h1-2,8H,3-7H2,(H2,16,19). The van der Waals surface area contributed by atoms with Crippen molar-refractivity contribution in [1.82, 2.24) is 0 Å². The van der Waals surface area contributed by atoms with Gasteiger partial charge in [-0.1, -0.05) is 12.2 Å². The number of benzene rings is 1. The summed E-state index contributed by atoms with van der Waals surface area (Å²) < 4.78 is 25.1. The Hall–Kier alpha value is -0.720. The average Bonchev–Trinajstić information content (AvgIpc) is 2.41. The first-order chi connectivity index (χ1) is 9.09. The molecule has 6 heteroatoms. The monoisotopic (exact) mass is 347 g/mol. The molecule has 1 aromatic rings. The summed E-state index contributed by atoms with van der Waals surface area (Å²) in [4.78, 5) is 0.154. The molecule has 0 saturated carbocycles. The molecular formula is C13H15BrFNO2S. The van der Waals surface area contributed by atoms with E-state index >= 15 is 0 Å². The molecule has 1 saturated heterocycles. The zero-order chi connectivity index (χ0) is 13.8. The van der Waals surface area contributed by atoms with E-state index in [2.05, 4.69) is 15.9 Å². The highest BCUT2D eigenvalue weighted by Gasteiger charge is 2.17. The Morgan fingerprint density at radius 3 is 2.79 bits per heavy atom. The van der Waals surface area contributed by atoms with Crippen LogP contribution in [-0.4, -0.2) is 24.8 Å². The van der Waals surface area contributed by atoms with E-state index in [0.717, 1.165) is 26.1 Å². The number of halogens is 2. The number of hydrogen-bond acceptors (Lipinski definition) is 3. The minimum Gasteiger partial charge on any atom is -0.490 e. The van der Waals surface area contributed by atoms with Crippen molar-refractivity contribution in [2.45, 2.75) is 12.8 Å². The van der Waals surface area contributed by atoms with Gasteiger partial charge < -0.3 is 15.2 Å². The van der Waals surface area contributed by atoms with E-state index in [1.807, 2.05) is 0 Å². The Morgan fingerprint density at radius 2 is 2.16 bits per heavy atom. The second-order valence-electron chi connectivity index (χ2n) is 4.47. The SMILES string of the molecule is NC(=S)c1ccc(OCC2CCOCC2)c(F)c1Br. The van der Waals surface area contributed by atoms with Gasteiger partial charge in [-0.25, -0.2) is 4.39 Å². The normalized spacial score (nSPS) is 16.3. The van der Waals surface area contributed by atoms with Crippen molar-refractivity contribution in [1.29, 1.82) is 0 Å². The summed E-state index contributed by atoms with van der Waals surface area (Å²) in [5.41, 5.74) is 5.98. The van der Waals surface area contributed by atoms with Crippen molar-refractivity contribution in [3.8, 4) is 5.75 Å². The van der Waals surface area contributed by atoms with Gasteiger partial charge in [-0.2, -0.15) is 0 Å². The third kappa shape index (κ3) is 3.64. The summed E-state index contributed by atoms with van der Waals surface area (Å²) in [5.74, 6) is 0.179. The number of nitrogens with two attached hydrogens (primary N) is 1. The van der Waals surface area contributed by atoms with Gasteiger partial charge in [-0.15, -0.1) is 0 Å². The molecule has 0 radical (unpaired) electrons. The molecule has 0 bridgehead atoms. The summed E-state index contributed by atoms with van der Waals surface area (Å²) in [6, 6.07) is 3.22. The van der Waals surface area contributed by atoms with Crippen LogP contribution >= 0.6 is 28.1 Å². The van der Waals surface area contributed by atoms with Crippen LogP contribution in [0.2, 0.25) is 0 Å². The van der Waals surface area contributed by atoms with Gasteiger partial charge in [-0.3, -0.25) is 0 Å². The second kappa shape index (κ2) is 6.63. The Kier molecular flexibility index (Phi) is 5.13. The molecule has 104 valence electrons. The maximum atomic E-state index is 14.1. The Morgan fingerprint density at radius 1 is 1.47 bits per heavy atom. The highest BCUT2D eigenvalue weighted by atomic mass is 79.9. The van der Waals surface area contributed by atoms with E-state index in [4.69, 9.17) is 27.4 Å². The fourth-order valence-corrected chi connectivity index (χ4v) is 2.80. The molecule has 1 aromatic carbocycles. The van der Waals surface area contributed by atoms with Crippen molar-refractivity contribution in [3.63, 3.8) is 0 Å². The maximum Gasteiger partial charge on any atom is 0.179 e. The van der Waals surface area contributed by atoms with Crippen LogP contribution < -0.4 is 10.5 Å². The number of thiocarbonyl (C=S) groups is 1. The molecule has 19 heavy (non-hydrogen) atoms.